The first-order valence-electron chi connectivity index (χ1n) is 23.6. The van der Waals surface area contributed by atoms with Crippen molar-refractivity contribution in [1.29, 1.82) is 0 Å². The van der Waals surface area contributed by atoms with Crippen LogP contribution in [0.25, 0.3) is 0 Å². The normalized spacial score (nSPS) is 12.4. The largest absolute Gasteiger partial charge is 0.481 e. The minimum Gasteiger partial charge on any atom is -0.481 e. The van der Waals surface area contributed by atoms with Crippen LogP contribution in [0.5, 0.6) is 0 Å². The molecule has 2 aromatic rings. The lowest BCUT2D eigenvalue weighted by atomic mass is 10.1. The number of carboxylic acids is 5. The van der Waals surface area contributed by atoms with Gasteiger partial charge in [0.1, 0.15) is 24.2 Å². The van der Waals surface area contributed by atoms with Crippen molar-refractivity contribution in [3.05, 3.63) is 23.8 Å². The summed E-state index contributed by atoms with van der Waals surface area (Å²) in [5.41, 5.74) is 1.24. The number of hydrogen-bond donors (Lipinski definition) is 13. The summed E-state index contributed by atoms with van der Waals surface area (Å²) in [7, 11) is 0. The van der Waals surface area contributed by atoms with Gasteiger partial charge in [0.25, 0.3) is 0 Å². The van der Waals surface area contributed by atoms with E-state index in [9.17, 15) is 72.9 Å². The third kappa shape index (κ3) is 27.8. The molecule has 2 aromatic heterocycles. The molecule has 31 heteroatoms. The van der Waals surface area contributed by atoms with Crippen LogP contribution in [0.2, 0.25) is 0 Å². The first-order chi connectivity index (χ1) is 35.1. The molecule has 410 valence electrons. The van der Waals surface area contributed by atoms with Crippen molar-refractivity contribution in [2.45, 2.75) is 146 Å². The molecule has 2 heterocycles. The number of carbonyl (C=O) groups is 12. The molecule has 0 bridgehead atoms. The molecule has 0 aliphatic carbocycles. The van der Waals surface area contributed by atoms with Crippen molar-refractivity contribution in [2.75, 3.05) is 25.4 Å². The quantitative estimate of drug-likeness (QED) is 0.0236. The average Bonchev–Trinajstić information content (AvgIpc) is 3.99. The summed E-state index contributed by atoms with van der Waals surface area (Å²) in [6, 6.07) is -6.24. The van der Waals surface area contributed by atoms with Gasteiger partial charge in [-0.15, -0.1) is 10.2 Å². The zero-order valence-corrected chi connectivity index (χ0v) is 41.4. The smallest absolute Gasteiger partial charge is 0.327 e. The minimum atomic E-state index is -1.75. The maximum atomic E-state index is 13.4. The van der Waals surface area contributed by atoms with Crippen LogP contribution in [0.1, 0.15) is 108 Å². The summed E-state index contributed by atoms with van der Waals surface area (Å²) in [6.07, 6.45) is 4.97. The van der Waals surface area contributed by atoms with Crippen molar-refractivity contribution in [2.24, 2.45) is 0 Å². The van der Waals surface area contributed by atoms with Crippen LogP contribution in [-0.4, -0.2) is 176 Å². The lowest BCUT2D eigenvalue weighted by Crippen LogP contribution is -2.57. The highest BCUT2D eigenvalue weighted by Crippen LogP contribution is 2.08. The fraction of sp³-hybridized carbons (Fsp3) is 0.628. The van der Waals surface area contributed by atoms with Crippen LogP contribution in [0.4, 0.5) is 0 Å². The van der Waals surface area contributed by atoms with Crippen molar-refractivity contribution in [3.63, 3.8) is 0 Å². The van der Waals surface area contributed by atoms with E-state index < -0.39 is 121 Å². The third-order valence-electron chi connectivity index (χ3n) is 10.5. The van der Waals surface area contributed by atoms with E-state index in [1.54, 1.807) is 21.8 Å². The van der Waals surface area contributed by atoms with Crippen LogP contribution in [0.3, 0.4) is 0 Å². The van der Waals surface area contributed by atoms with Gasteiger partial charge in [-0.3, -0.25) is 62.1 Å². The molecule has 74 heavy (non-hydrogen) atoms. The second kappa shape index (κ2) is 34.6. The van der Waals surface area contributed by atoms with E-state index in [0.717, 1.165) is 0 Å². The van der Waals surface area contributed by atoms with E-state index in [1.165, 1.54) is 0 Å². The van der Waals surface area contributed by atoms with E-state index >= 15 is 0 Å². The van der Waals surface area contributed by atoms with Crippen LogP contribution in [0, 0.1) is 0 Å². The molecule has 0 fully saturated rings. The summed E-state index contributed by atoms with van der Waals surface area (Å²) in [6.45, 7) is -0.493. The Labute approximate surface area is 428 Å². The van der Waals surface area contributed by atoms with Crippen LogP contribution in [0.15, 0.2) is 12.4 Å². The standard InChI is InChI=1S/C43H65N13O17S/c57-32(12-2-5-17-55-23-26(51-53-55)9-7-14-36(61)62)45-22-35(60)48-30(20-39(67)68)42(71)49-28(41(70)50-31(25-74)43(72)73)11-1-4-16-44-34(59)21-46-40(69)29(19-38(65)66)47-33(58)13-3-6-18-56-24-27(52-54-56)10-8-15-37(63)64/h23-24,28-31,74H,1-22,25H2,(H,44,59)(H,45,57)(H,46,69)(H,47,58)(H,48,60)(H,49,71)(H,50,70)(H,61,62)(H,63,64)(H,65,66)(H,67,68)(H,72,73)/t28-,29-,30-,31-/m0/s1. The van der Waals surface area contributed by atoms with E-state index in [0.29, 0.717) is 75.8 Å². The number of hydrogen-bond acceptors (Lipinski definition) is 17. The Hall–Kier alpha value is -7.73. The summed E-state index contributed by atoms with van der Waals surface area (Å²) >= 11 is 3.92. The number of rotatable bonds is 40. The summed E-state index contributed by atoms with van der Waals surface area (Å²) in [5.74, 6) is -12.4. The number of aromatic nitrogens is 6. The Morgan fingerprint density at radius 1 is 0.473 bits per heavy atom. The van der Waals surface area contributed by atoms with Gasteiger partial charge in [0, 0.05) is 63.5 Å². The van der Waals surface area contributed by atoms with E-state index in [2.05, 4.69) is 70.5 Å². The molecule has 0 saturated carbocycles. The number of carbonyl (C=O) groups excluding carboxylic acids is 7. The second-order valence-electron chi connectivity index (χ2n) is 16.8. The molecule has 0 aromatic carbocycles. The van der Waals surface area contributed by atoms with Gasteiger partial charge in [0.05, 0.1) is 37.3 Å². The van der Waals surface area contributed by atoms with Crippen molar-refractivity contribution in [1.82, 2.24) is 67.2 Å². The number of carboxylic acid groups (broad SMARTS) is 5. The first kappa shape index (κ1) is 62.4. The third-order valence-corrected chi connectivity index (χ3v) is 10.9. The van der Waals surface area contributed by atoms with Crippen molar-refractivity contribution >= 4 is 83.8 Å². The summed E-state index contributed by atoms with van der Waals surface area (Å²) in [4.78, 5) is 146. The molecule has 0 unspecified atom stereocenters. The van der Waals surface area contributed by atoms with Crippen LogP contribution >= 0.6 is 12.6 Å². The predicted octanol–water partition coefficient (Wildman–Crippen LogP) is -2.85. The zero-order valence-electron chi connectivity index (χ0n) is 40.5. The number of aryl methyl sites for hydroxylation is 4. The molecule has 0 saturated heterocycles. The fourth-order valence-electron chi connectivity index (χ4n) is 6.69. The molecular formula is C43H65N13O17S. The number of amides is 7. The molecule has 0 spiro atoms. The van der Waals surface area contributed by atoms with Crippen LogP contribution in [-0.2, 0) is 83.5 Å². The van der Waals surface area contributed by atoms with Gasteiger partial charge in [-0.25, -0.2) is 4.79 Å². The lowest BCUT2D eigenvalue weighted by molar-refractivity contribution is -0.142. The maximum Gasteiger partial charge on any atom is 0.327 e. The number of nitrogens with one attached hydrogen (secondary N) is 7. The molecule has 0 radical (unpaired) electrons. The lowest BCUT2D eigenvalue weighted by Gasteiger charge is -2.24. The number of thiol groups is 1. The van der Waals surface area contributed by atoms with Gasteiger partial charge in [-0.1, -0.05) is 10.4 Å². The van der Waals surface area contributed by atoms with Gasteiger partial charge in [0.2, 0.25) is 41.4 Å². The Balaban J connectivity index is 1.85. The highest BCUT2D eigenvalue weighted by Gasteiger charge is 2.31. The van der Waals surface area contributed by atoms with E-state index in [1.807, 2.05) is 0 Å². The Bertz CT molecular complexity index is 2240. The Morgan fingerprint density at radius 2 is 0.959 bits per heavy atom. The number of nitrogens with zero attached hydrogens (tertiary/aromatic N) is 6. The average molecular weight is 1070 g/mol. The van der Waals surface area contributed by atoms with E-state index in [-0.39, 0.29) is 57.2 Å². The molecule has 2 rings (SSSR count). The van der Waals surface area contributed by atoms with Gasteiger partial charge in [0.15, 0.2) is 0 Å². The molecule has 7 amide bonds. The fourth-order valence-corrected chi connectivity index (χ4v) is 6.93. The minimum absolute atomic E-state index is 0.00139. The first-order valence-corrected chi connectivity index (χ1v) is 24.3. The van der Waals surface area contributed by atoms with Gasteiger partial charge in [-0.05, 0) is 70.6 Å². The maximum absolute atomic E-state index is 13.4. The number of unbranched alkanes of at least 4 members (excludes halogenated alkanes) is 3. The second-order valence-corrected chi connectivity index (χ2v) is 17.1. The Kier molecular flexibility index (Phi) is 29.2. The summed E-state index contributed by atoms with van der Waals surface area (Å²) in [5, 5.41) is 77.9. The summed E-state index contributed by atoms with van der Waals surface area (Å²) < 4.78 is 3.10. The highest BCUT2D eigenvalue weighted by atomic mass is 32.1. The topological polar surface area (TPSA) is 452 Å². The monoisotopic (exact) mass is 1070 g/mol. The van der Waals surface area contributed by atoms with E-state index in [4.69, 9.17) is 10.2 Å². The van der Waals surface area contributed by atoms with Gasteiger partial charge < -0.3 is 62.8 Å². The predicted molar refractivity (Wildman–Crippen MR) is 255 cm³/mol. The van der Waals surface area contributed by atoms with Gasteiger partial charge >= 0.3 is 29.8 Å². The number of aliphatic carboxylic acids is 5. The van der Waals surface area contributed by atoms with Crippen molar-refractivity contribution < 1.29 is 83.1 Å². The Morgan fingerprint density at radius 3 is 1.47 bits per heavy atom. The molecular weight excluding hydrogens is 1000 g/mol. The van der Waals surface area contributed by atoms with Crippen molar-refractivity contribution in [3.8, 4) is 0 Å². The highest BCUT2D eigenvalue weighted by molar-refractivity contribution is 7.80. The molecule has 4 atom stereocenters. The van der Waals surface area contributed by atoms with Crippen LogP contribution < -0.4 is 37.2 Å². The van der Waals surface area contributed by atoms with Gasteiger partial charge in [-0.2, -0.15) is 12.6 Å². The molecule has 12 N–H and O–H groups in total. The SMILES string of the molecule is O=C(O)CCCc1cn(CCCCC(=O)NCC(=O)N[C@@H](CC(=O)O)C(=O)N[C@@H](CCCCNC(=O)CNC(=O)[C@H](CC(=O)O)NC(=O)CCCCn2cc(CCCC(=O)O)nn2)C(=O)N[C@@H](CS)C(=O)O)nn1. The zero-order chi connectivity index (χ0) is 55.0. The molecule has 0 aliphatic rings. The molecule has 30 nitrogen and oxygen atoms in total. The molecule has 0 aliphatic heterocycles.